The Bertz CT molecular complexity index is 642. The molecule has 0 saturated carbocycles. The topological polar surface area (TPSA) is 0 Å². The summed E-state index contributed by atoms with van der Waals surface area (Å²) in [6.07, 6.45) is 6.59. The van der Waals surface area contributed by atoms with Crippen molar-refractivity contribution < 1.29 is 0 Å². The zero-order chi connectivity index (χ0) is 13.8. The highest BCUT2D eigenvalue weighted by Gasteiger charge is 2.10. The summed E-state index contributed by atoms with van der Waals surface area (Å²) < 4.78 is 1.40. The molecule has 2 aromatic heterocycles. The molecule has 2 heteroatoms. The summed E-state index contributed by atoms with van der Waals surface area (Å²) >= 11 is 3.82. The van der Waals surface area contributed by atoms with Gasteiger partial charge in [-0.3, -0.25) is 0 Å². The van der Waals surface area contributed by atoms with Crippen molar-refractivity contribution in [3.8, 4) is 9.75 Å². The summed E-state index contributed by atoms with van der Waals surface area (Å²) in [6, 6.07) is 13.3. The van der Waals surface area contributed by atoms with E-state index in [2.05, 4.69) is 48.7 Å². The van der Waals surface area contributed by atoms with Crippen molar-refractivity contribution >= 4 is 32.8 Å². The second-order valence-electron chi connectivity index (χ2n) is 5.23. The van der Waals surface area contributed by atoms with Gasteiger partial charge in [0, 0.05) is 14.5 Å². The fourth-order valence-corrected chi connectivity index (χ4v) is 4.76. The van der Waals surface area contributed by atoms with E-state index in [1.54, 1.807) is 0 Å². The number of fused-ring (bicyclic) bond motifs is 1. The summed E-state index contributed by atoms with van der Waals surface area (Å²) in [6.45, 7) is 2.27. The second kappa shape index (κ2) is 6.55. The first-order valence-electron chi connectivity index (χ1n) is 7.44. The van der Waals surface area contributed by atoms with Crippen molar-refractivity contribution in [3.63, 3.8) is 0 Å². The van der Waals surface area contributed by atoms with Crippen LogP contribution in [0.1, 0.15) is 38.2 Å². The predicted octanol–water partition coefficient (Wildman–Crippen LogP) is 6.75. The van der Waals surface area contributed by atoms with Gasteiger partial charge in [0.15, 0.2) is 0 Å². The third-order valence-electron chi connectivity index (χ3n) is 3.70. The molecule has 0 saturated heterocycles. The van der Waals surface area contributed by atoms with Gasteiger partial charge in [0.1, 0.15) is 0 Å². The van der Waals surface area contributed by atoms with Crippen LogP contribution in [0.3, 0.4) is 0 Å². The molecule has 3 aromatic rings. The van der Waals surface area contributed by atoms with Crippen LogP contribution in [0.25, 0.3) is 19.8 Å². The van der Waals surface area contributed by atoms with Gasteiger partial charge >= 0.3 is 0 Å². The maximum atomic E-state index is 2.35. The fourth-order valence-electron chi connectivity index (χ4n) is 2.58. The van der Waals surface area contributed by atoms with Crippen LogP contribution < -0.4 is 0 Å². The number of unbranched alkanes of at least 4 members (excludes halogenated alkanes) is 3. The van der Waals surface area contributed by atoms with E-state index < -0.39 is 0 Å². The monoisotopic (exact) mass is 300 g/mol. The smallest absolute Gasteiger partial charge is 0.0474 e. The lowest BCUT2D eigenvalue weighted by Gasteiger charge is -2.01. The van der Waals surface area contributed by atoms with Gasteiger partial charge in [-0.05, 0) is 47.4 Å². The van der Waals surface area contributed by atoms with E-state index in [0.717, 1.165) is 0 Å². The van der Waals surface area contributed by atoms with Gasteiger partial charge in [-0.2, -0.15) is 0 Å². The molecule has 2 heterocycles. The van der Waals surface area contributed by atoms with E-state index in [1.165, 1.54) is 57.5 Å². The number of thiophene rings is 2. The van der Waals surface area contributed by atoms with E-state index in [1.807, 2.05) is 22.7 Å². The van der Waals surface area contributed by atoms with Crippen LogP contribution in [0, 0.1) is 0 Å². The first-order chi connectivity index (χ1) is 9.88. The molecule has 0 radical (unpaired) electrons. The SMILES string of the molecule is CCCCCCc1ccsc1-c1cc2ccccc2s1. The third kappa shape index (κ3) is 2.97. The Kier molecular flexibility index (Phi) is 4.54. The highest BCUT2D eigenvalue weighted by molar-refractivity contribution is 7.25. The minimum Gasteiger partial charge on any atom is -0.143 e. The van der Waals surface area contributed by atoms with Crippen LogP contribution in [0.5, 0.6) is 0 Å². The Labute approximate surface area is 129 Å². The summed E-state index contributed by atoms with van der Waals surface area (Å²) in [5.41, 5.74) is 1.54. The van der Waals surface area contributed by atoms with Crippen molar-refractivity contribution in [2.45, 2.75) is 39.0 Å². The first-order valence-corrected chi connectivity index (χ1v) is 9.13. The summed E-state index contributed by atoms with van der Waals surface area (Å²) in [4.78, 5) is 2.93. The van der Waals surface area contributed by atoms with Crippen LogP contribution >= 0.6 is 22.7 Å². The number of hydrogen-bond donors (Lipinski definition) is 0. The molecule has 0 aliphatic heterocycles. The van der Waals surface area contributed by atoms with Crippen LogP contribution in [-0.2, 0) is 6.42 Å². The molecule has 3 rings (SSSR count). The van der Waals surface area contributed by atoms with Gasteiger partial charge in [-0.15, -0.1) is 22.7 Å². The molecule has 0 aliphatic rings. The van der Waals surface area contributed by atoms with Crippen LogP contribution in [-0.4, -0.2) is 0 Å². The van der Waals surface area contributed by atoms with Crippen molar-refractivity contribution in [1.29, 1.82) is 0 Å². The van der Waals surface area contributed by atoms with Crippen LogP contribution in [0.15, 0.2) is 41.8 Å². The Balaban J connectivity index is 1.81. The maximum Gasteiger partial charge on any atom is 0.0474 e. The summed E-state index contributed by atoms with van der Waals surface area (Å²) in [7, 11) is 0. The molecular formula is C18H20S2. The molecule has 0 fully saturated rings. The van der Waals surface area contributed by atoms with Gasteiger partial charge < -0.3 is 0 Å². The summed E-state index contributed by atoms with van der Waals surface area (Å²) in [5, 5.41) is 3.62. The summed E-state index contributed by atoms with van der Waals surface area (Å²) in [5.74, 6) is 0. The Morgan fingerprint density at radius 2 is 1.90 bits per heavy atom. The molecule has 0 bridgehead atoms. The highest BCUT2D eigenvalue weighted by Crippen LogP contribution is 2.38. The van der Waals surface area contributed by atoms with Gasteiger partial charge in [-0.1, -0.05) is 44.4 Å². The zero-order valence-corrected chi connectivity index (χ0v) is 13.5. The molecule has 0 atom stereocenters. The molecule has 0 aliphatic carbocycles. The largest absolute Gasteiger partial charge is 0.143 e. The van der Waals surface area contributed by atoms with Gasteiger partial charge in [0.05, 0.1) is 0 Å². The number of benzene rings is 1. The first kappa shape index (κ1) is 13.8. The Morgan fingerprint density at radius 3 is 2.75 bits per heavy atom. The molecule has 1 aromatic carbocycles. The normalized spacial score (nSPS) is 11.2. The van der Waals surface area contributed by atoms with Gasteiger partial charge in [0.2, 0.25) is 0 Å². The van der Waals surface area contributed by atoms with Crippen LogP contribution in [0.4, 0.5) is 0 Å². The molecular weight excluding hydrogens is 280 g/mol. The second-order valence-corrected chi connectivity index (χ2v) is 7.23. The van der Waals surface area contributed by atoms with E-state index in [0.29, 0.717) is 0 Å². The van der Waals surface area contributed by atoms with Crippen molar-refractivity contribution in [1.82, 2.24) is 0 Å². The van der Waals surface area contributed by atoms with Gasteiger partial charge in [0.25, 0.3) is 0 Å². The lowest BCUT2D eigenvalue weighted by Crippen LogP contribution is -1.85. The average molecular weight is 300 g/mol. The zero-order valence-electron chi connectivity index (χ0n) is 11.9. The highest BCUT2D eigenvalue weighted by atomic mass is 32.1. The predicted molar refractivity (Wildman–Crippen MR) is 93.0 cm³/mol. The molecule has 104 valence electrons. The minimum absolute atomic E-state index is 1.23. The van der Waals surface area contributed by atoms with Crippen molar-refractivity contribution in [2.24, 2.45) is 0 Å². The number of aryl methyl sites for hydroxylation is 1. The lowest BCUT2D eigenvalue weighted by molar-refractivity contribution is 0.668. The van der Waals surface area contributed by atoms with E-state index in [9.17, 15) is 0 Å². The fraction of sp³-hybridized carbons (Fsp3) is 0.333. The van der Waals surface area contributed by atoms with E-state index in [4.69, 9.17) is 0 Å². The van der Waals surface area contributed by atoms with Crippen LogP contribution in [0.2, 0.25) is 0 Å². The van der Waals surface area contributed by atoms with Crippen molar-refractivity contribution in [2.75, 3.05) is 0 Å². The van der Waals surface area contributed by atoms with Crippen molar-refractivity contribution in [3.05, 3.63) is 47.3 Å². The molecule has 0 nitrogen and oxygen atoms in total. The van der Waals surface area contributed by atoms with E-state index in [-0.39, 0.29) is 0 Å². The Hall–Kier alpha value is -1.12. The quantitative estimate of drug-likeness (QED) is 0.441. The average Bonchev–Trinajstić information content (AvgIpc) is 3.09. The molecule has 0 N–H and O–H groups in total. The number of hydrogen-bond acceptors (Lipinski definition) is 2. The Morgan fingerprint density at radius 1 is 1.00 bits per heavy atom. The van der Waals surface area contributed by atoms with Gasteiger partial charge in [-0.25, -0.2) is 0 Å². The minimum atomic E-state index is 1.23. The molecule has 0 spiro atoms. The lowest BCUT2D eigenvalue weighted by atomic mass is 10.1. The number of rotatable bonds is 6. The van der Waals surface area contributed by atoms with E-state index >= 15 is 0 Å². The molecule has 0 unspecified atom stereocenters. The maximum absolute atomic E-state index is 2.35. The molecule has 0 amide bonds. The molecule has 20 heavy (non-hydrogen) atoms. The third-order valence-corrected chi connectivity index (χ3v) is 5.95. The standard InChI is InChI=1S/C18H20S2/c1-2-3-4-5-8-14-11-12-19-18(14)17-13-15-9-6-7-10-16(15)20-17/h6-7,9-13H,2-5,8H2,1H3.